The first-order valence-electron chi connectivity index (χ1n) is 9.45. The van der Waals surface area contributed by atoms with Crippen LogP contribution in [0.3, 0.4) is 0 Å². The molecule has 3 heterocycles. The van der Waals surface area contributed by atoms with E-state index in [1.165, 1.54) is 6.42 Å². The monoisotopic (exact) mass is 363 g/mol. The number of carbonyl (C=O) groups excluding carboxylic acids is 1. The number of piperidine rings is 1. The fourth-order valence-corrected chi connectivity index (χ4v) is 5.16. The van der Waals surface area contributed by atoms with Crippen LogP contribution < -0.4 is 0 Å². The van der Waals surface area contributed by atoms with Gasteiger partial charge in [-0.05, 0) is 31.7 Å². The van der Waals surface area contributed by atoms with Crippen molar-refractivity contribution in [2.45, 2.75) is 69.2 Å². The van der Waals surface area contributed by atoms with Crippen LogP contribution in [0.5, 0.6) is 0 Å². The van der Waals surface area contributed by atoms with Crippen LogP contribution >= 0.6 is 11.6 Å². The van der Waals surface area contributed by atoms with Crippen molar-refractivity contribution in [1.29, 1.82) is 0 Å². The average molecular weight is 364 g/mol. The third-order valence-electron chi connectivity index (χ3n) is 6.33. The smallest absolute Gasteiger partial charge is 0.254 e. The first-order chi connectivity index (χ1) is 12.1. The van der Waals surface area contributed by atoms with Crippen LogP contribution in [-0.2, 0) is 11.3 Å². The van der Waals surface area contributed by atoms with Crippen molar-refractivity contribution in [3.8, 4) is 0 Å². The largest absolute Gasteiger partial charge is 0.381 e. The highest BCUT2D eigenvalue weighted by molar-refractivity contribution is 6.30. The summed E-state index contributed by atoms with van der Waals surface area (Å²) in [6.07, 6.45) is 8.29. The quantitative estimate of drug-likeness (QED) is 0.662. The summed E-state index contributed by atoms with van der Waals surface area (Å²) in [6, 6.07) is 4.21. The van der Waals surface area contributed by atoms with Crippen molar-refractivity contribution in [2.24, 2.45) is 0 Å². The van der Waals surface area contributed by atoms with E-state index < -0.39 is 6.10 Å². The number of likely N-dealkylation sites (tertiary alicyclic amines) is 2. The fraction of sp³-hybridized carbons (Fsp3) is 0.684. The van der Waals surface area contributed by atoms with Crippen molar-refractivity contribution >= 4 is 17.5 Å². The zero-order chi connectivity index (χ0) is 17.4. The van der Waals surface area contributed by atoms with E-state index in [1.54, 1.807) is 6.20 Å². The third kappa shape index (κ3) is 2.96. The molecule has 1 unspecified atom stereocenters. The molecule has 2 aliphatic heterocycles. The molecule has 1 aliphatic carbocycles. The predicted octanol–water partition coefficient (Wildman–Crippen LogP) is 2.61. The molecule has 0 bridgehead atoms. The lowest BCUT2D eigenvalue weighted by Crippen LogP contribution is -2.77. The lowest BCUT2D eigenvalue weighted by molar-refractivity contribution is -0.201. The van der Waals surface area contributed by atoms with Gasteiger partial charge in [0.05, 0.1) is 5.54 Å². The summed E-state index contributed by atoms with van der Waals surface area (Å²) in [5, 5.41) is 10.9. The SMILES string of the molecule is O=C1C(O)C2(CCCCC2)N1C1CCN(Cc2cccnc2Cl)CC1. The van der Waals surface area contributed by atoms with E-state index in [9.17, 15) is 9.90 Å². The maximum Gasteiger partial charge on any atom is 0.254 e. The van der Waals surface area contributed by atoms with E-state index in [0.717, 1.165) is 63.7 Å². The van der Waals surface area contributed by atoms with Gasteiger partial charge in [0, 0.05) is 37.4 Å². The molecule has 1 N–H and O–H groups in total. The molecule has 0 aromatic carbocycles. The van der Waals surface area contributed by atoms with Crippen LogP contribution in [-0.4, -0.2) is 56.6 Å². The number of nitrogens with zero attached hydrogens (tertiary/aromatic N) is 3. The molecule has 5 nitrogen and oxygen atoms in total. The second kappa shape index (κ2) is 6.86. The van der Waals surface area contributed by atoms with Crippen LogP contribution in [0.25, 0.3) is 0 Å². The van der Waals surface area contributed by atoms with Gasteiger partial charge in [-0.1, -0.05) is 36.9 Å². The van der Waals surface area contributed by atoms with Crippen LogP contribution in [0.2, 0.25) is 5.15 Å². The molecular formula is C19H26ClN3O2. The number of hydrogen-bond donors (Lipinski definition) is 1. The molecule has 0 radical (unpaired) electrons. The summed E-state index contributed by atoms with van der Waals surface area (Å²) < 4.78 is 0. The van der Waals surface area contributed by atoms with E-state index >= 15 is 0 Å². The average Bonchev–Trinajstić information content (AvgIpc) is 2.65. The molecular weight excluding hydrogens is 338 g/mol. The van der Waals surface area contributed by atoms with Gasteiger partial charge in [-0.25, -0.2) is 4.98 Å². The van der Waals surface area contributed by atoms with Gasteiger partial charge in [-0.3, -0.25) is 9.69 Å². The minimum absolute atomic E-state index is 0.0457. The number of halogens is 1. The maximum atomic E-state index is 12.4. The van der Waals surface area contributed by atoms with Gasteiger partial charge < -0.3 is 10.0 Å². The number of hydrogen-bond acceptors (Lipinski definition) is 4. The Morgan fingerprint density at radius 2 is 1.96 bits per heavy atom. The Morgan fingerprint density at radius 3 is 2.64 bits per heavy atom. The Morgan fingerprint density at radius 1 is 1.24 bits per heavy atom. The van der Waals surface area contributed by atoms with Gasteiger partial charge in [0.25, 0.3) is 5.91 Å². The van der Waals surface area contributed by atoms with Gasteiger partial charge in [0.1, 0.15) is 5.15 Å². The summed E-state index contributed by atoms with van der Waals surface area (Å²) in [7, 11) is 0. The summed E-state index contributed by atoms with van der Waals surface area (Å²) in [5.74, 6) is -0.0457. The minimum Gasteiger partial charge on any atom is -0.381 e. The molecule has 136 valence electrons. The van der Waals surface area contributed by atoms with E-state index in [-0.39, 0.29) is 17.5 Å². The molecule has 1 atom stereocenters. The molecule has 3 aliphatic rings. The fourth-order valence-electron chi connectivity index (χ4n) is 4.98. The molecule has 25 heavy (non-hydrogen) atoms. The minimum atomic E-state index is -0.764. The number of rotatable bonds is 3. The highest BCUT2D eigenvalue weighted by Crippen LogP contribution is 2.46. The number of carbonyl (C=O) groups is 1. The summed E-state index contributed by atoms with van der Waals surface area (Å²) >= 11 is 6.17. The van der Waals surface area contributed by atoms with Gasteiger partial charge in [0.15, 0.2) is 6.10 Å². The predicted molar refractivity (Wildman–Crippen MR) is 96.2 cm³/mol. The summed E-state index contributed by atoms with van der Waals surface area (Å²) in [4.78, 5) is 21.0. The molecule has 1 amide bonds. The van der Waals surface area contributed by atoms with Crippen molar-refractivity contribution in [3.63, 3.8) is 0 Å². The number of β-lactam (4-membered cyclic amide) rings is 1. The molecule has 1 saturated carbocycles. The Kier molecular flexibility index (Phi) is 4.73. The maximum absolute atomic E-state index is 12.4. The Labute approximate surface area is 154 Å². The second-order valence-corrected chi connectivity index (χ2v) is 8.09. The molecule has 1 aromatic rings. The normalized spacial score (nSPS) is 27.5. The lowest BCUT2D eigenvalue weighted by Gasteiger charge is -2.61. The number of pyridine rings is 1. The van der Waals surface area contributed by atoms with E-state index in [2.05, 4.69) is 14.8 Å². The van der Waals surface area contributed by atoms with Gasteiger partial charge in [-0.2, -0.15) is 0 Å². The molecule has 2 saturated heterocycles. The lowest BCUT2D eigenvalue weighted by atomic mass is 9.68. The van der Waals surface area contributed by atoms with Gasteiger partial charge >= 0.3 is 0 Å². The number of aromatic nitrogens is 1. The van der Waals surface area contributed by atoms with Crippen LogP contribution in [0, 0.1) is 0 Å². The molecule has 3 fully saturated rings. The highest BCUT2D eigenvalue weighted by atomic mass is 35.5. The first-order valence-corrected chi connectivity index (χ1v) is 9.83. The summed E-state index contributed by atoms with van der Waals surface area (Å²) in [6.45, 7) is 2.71. The number of aliphatic hydroxyl groups excluding tert-OH is 1. The van der Waals surface area contributed by atoms with Gasteiger partial charge in [-0.15, -0.1) is 0 Å². The topological polar surface area (TPSA) is 56.7 Å². The Hall–Kier alpha value is -1.17. The third-order valence-corrected chi connectivity index (χ3v) is 6.67. The zero-order valence-electron chi connectivity index (χ0n) is 14.5. The molecule has 4 rings (SSSR count). The molecule has 1 spiro atoms. The standard InChI is InChI=1S/C19H26ClN3O2/c20-17-14(5-4-10-21-17)13-22-11-6-15(7-12-22)23-18(25)16(24)19(23)8-2-1-3-9-19/h4-5,10,15-16,24H,1-3,6-9,11-13H2. The second-order valence-electron chi connectivity index (χ2n) is 7.74. The van der Waals surface area contributed by atoms with Crippen molar-refractivity contribution in [2.75, 3.05) is 13.1 Å². The van der Waals surface area contributed by atoms with E-state index in [0.29, 0.717) is 5.15 Å². The van der Waals surface area contributed by atoms with Crippen molar-refractivity contribution < 1.29 is 9.90 Å². The molecule has 1 aromatic heterocycles. The number of amides is 1. The number of aliphatic hydroxyl groups is 1. The zero-order valence-corrected chi connectivity index (χ0v) is 15.3. The summed E-state index contributed by atoms with van der Waals surface area (Å²) in [5.41, 5.74) is 0.802. The first kappa shape index (κ1) is 17.3. The highest BCUT2D eigenvalue weighted by Gasteiger charge is 2.61. The van der Waals surface area contributed by atoms with Gasteiger partial charge in [0.2, 0.25) is 0 Å². The van der Waals surface area contributed by atoms with Crippen molar-refractivity contribution in [3.05, 3.63) is 29.0 Å². The van der Waals surface area contributed by atoms with E-state index in [4.69, 9.17) is 11.6 Å². The Balaban J connectivity index is 1.38. The van der Waals surface area contributed by atoms with Crippen molar-refractivity contribution in [1.82, 2.24) is 14.8 Å². The Bertz CT molecular complexity index is 639. The van der Waals surface area contributed by atoms with Crippen LogP contribution in [0.4, 0.5) is 0 Å². The molecule has 6 heteroatoms. The van der Waals surface area contributed by atoms with Crippen LogP contribution in [0.15, 0.2) is 18.3 Å². The van der Waals surface area contributed by atoms with Crippen LogP contribution in [0.1, 0.15) is 50.5 Å². The van der Waals surface area contributed by atoms with E-state index in [1.807, 2.05) is 12.1 Å².